The number of nitrogens with zero attached hydrogens (tertiary/aromatic N) is 1. The number of nitrogens with one attached hydrogen (secondary N) is 1. The lowest BCUT2D eigenvalue weighted by Gasteiger charge is -2.40. The monoisotopic (exact) mass is 518 g/mol. The molecule has 2 aliphatic rings. The Morgan fingerprint density at radius 1 is 1.05 bits per heavy atom. The maximum absolute atomic E-state index is 14.4. The van der Waals surface area contributed by atoms with Crippen LogP contribution in [0.2, 0.25) is 0 Å². The molecule has 0 aromatic heterocycles. The van der Waals surface area contributed by atoms with E-state index in [9.17, 15) is 27.6 Å². The van der Waals surface area contributed by atoms with Crippen molar-refractivity contribution in [3.8, 4) is 0 Å². The number of benzene rings is 2. The van der Waals surface area contributed by atoms with Crippen LogP contribution in [0.5, 0.6) is 0 Å². The Morgan fingerprint density at radius 3 is 2.24 bits per heavy atom. The molecule has 2 aliphatic heterocycles. The molecule has 4 atom stereocenters. The molecule has 2 aromatic carbocycles. The lowest BCUT2D eigenvalue weighted by molar-refractivity contribution is -0.266. The lowest BCUT2D eigenvalue weighted by Crippen LogP contribution is -2.61. The molecule has 2 amide bonds. The smallest absolute Gasteiger partial charge is 0.430 e. The molecule has 2 saturated heterocycles. The zero-order valence-corrected chi connectivity index (χ0v) is 20.6. The van der Waals surface area contributed by atoms with Crippen molar-refractivity contribution in [2.75, 3.05) is 20.8 Å². The van der Waals surface area contributed by atoms with Crippen molar-refractivity contribution in [2.45, 2.75) is 49.5 Å². The first-order valence-electron chi connectivity index (χ1n) is 12.0. The van der Waals surface area contributed by atoms with Crippen molar-refractivity contribution < 1.29 is 37.0 Å². The number of piperidine rings is 1. The number of methoxy groups -OCH3 is 2. The minimum Gasteiger partial charge on any atom is -0.468 e. The molecule has 37 heavy (non-hydrogen) atoms. The van der Waals surface area contributed by atoms with Gasteiger partial charge in [-0.2, -0.15) is 13.2 Å². The van der Waals surface area contributed by atoms with Crippen LogP contribution in [0.1, 0.15) is 30.4 Å². The summed E-state index contributed by atoms with van der Waals surface area (Å²) in [5.41, 5.74) is -4.37. The van der Waals surface area contributed by atoms with Crippen LogP contribution in [0.25, 0.3) is 0 Å². The Labute approximate surface area is 212 Å². The second-order valence-electron chi connectivity index (χ2n) is 9.48. The van der Waals surface area contributed by atoms with Crippen molar-refractivity contribution in [3.63, 3.8) is 0 Å². The van der Waals surface area contributed by atoms with Gasteiger partial charge in [-0.25, -0.2) is 0 Å². The van der Waals surface area contributed by atoms with E-state index in [1.54, 1.807) is 30.3 Å². The summed E-state index contributed by atoms with van der Waals surface area (Å²) in [6.07, 6.45) is -4.17. The summed E-state index contributed by atoms with van der Waals surface area (Å²) >= 11 is 0. The van der Waals surface area contributed by atoms with Crippen molar-refractivity contribution in [2.24, 2.45) is 5.41 Å². The number of fused-ring (bicyclic) bond motifs is 1. The van der Waals surface area contributed by atoms with Gasteiger partial charge in [-0.15, -0.1) is 0 Å². The third-order valence-electron chi connectivity index (χ3n) is 7.45. The number of hydrogen-bond donors (Lipinski definition) is 1. The molecule has 0 spiro atoms. The van der Waals surface area contributed by atoms with Crippen LogP contribution < -0.4 is 5.32 Å². The number of amides is 2. The highest BCUT2D eigenvalue weighted by Crippen LogP contribution is 2.45. The molecule has 0 radical (unpaired) electrons. The van der Waals surface area contributed by atoms with Gasteiger partial charge < -0.3 is 19.7 Å². The molecule has 198 valence electrons. The summed E-state index contributed by atoms with van der Waals surface area (Å²) in [7, 11) is 2.05. The first-order valence-corrected chi connectivity index (χ1v) is 12.0. The summed E-state index contributed by atoms with van der Waals surface area (Å²) in [6, 6.07) is 14.2. The fourth-order valence-electron chi connectivity index (χ4n) is 5.67. The summed E-state index contributed by atoms with van der Waals surface area (Å²) in [4.78, 5) is 41.5. The maximum Gasteiger partial charge on any atom is 0.430 e. The van der Waals surface area contributed by atoms with E-state index in [0.717, 1.165) is 12.7 Å². The van der Waals surface area contributed by atoms with E-state index >= 15 is 0 Å². The molecular formula is C27H29F3N2O5. The Hall–Kier alpha value is -3.40. The van der Waals surface area contributed by atoms with Crippen LogP contribution in [0, 0.1) is 5.41 Å². The van der Waals surface area contributed by atoms with E-state index in [0.29, 0.717) is 19.4 Å². The zero-order valence-electron chi connectivity index (χ0n) is 20.6. The maximum atomic E-state index is 14.4. The van der Waals surface area contributed by atoms with E-state index in [2.05, 4.69) is 5.32 Å². The van der Waals surface area contributed by atoms with Gasteiger partial charge >= 0.3 is 12.1 Å². The first kappa shape index (κ1) is 26.7. The van der Waals surface area contributed by atoms with E-state index in [1.807, 2.05) is 6.07 Å². The minimum absolute atomic E-state index is 0.00961. The molecular weight excluding hydrogens is 489 g/mol. The van der Waals surface area contributed by atoms with E-state index in [-0.39, 0.29) is 18.4 Å². The average molecular weight is 519 g/mol. The fraction of sp³-hybridized carbons (Fsp3) is 0.444. The molecule has 10 heteroatoms. The highest BCUT2D eigenvalue weighted by Gasteiger charge is 2.64. The van der Waals surface area contributed by atoms with E-state index in [1.165, 1.54) is 36.3 Å². The minimum atomic E-state index is -5.06. The lowest BCUT2D eigenvalue weighted by atomic mass is 9.77. The number of hydrogen-bond acceptors (Lipinski definition) is 5. The van der Waals surface area contributed by atoms with Gasteiger partial charge in [0.1, 0.15) is 0 Å². The van der Waals surface area contributed by atoms with Gasteiger partial charge in [0.25, 0.3) is 11.5 Å². The molecule has 0 saturated carbocycles. The van der Waals surface area contributed by atoms with Crippen molar-refractivity contribution in [1.82, 2.24) is 10.2 Å². The summed E-state index contributed by atoms with van der Waals surface area (Å²) in [5, 5.41) is 2.54. The summed E-state index contributed by atoms with van der Waals surface area (Å²) in [6.45, 7) is 0.330. The molecule has 0 unspecified atom stereocenters. The van der Waals surface area contributed by atoms with Crippen LogP contribution in [0.15, 0.2) is 60.7 Å². The number of carbonyl (C=O) groups excluding carboxylic acids is 3. The molecule has 4 rings (SSSR count). The highest BCUT2D eigenvalue weighted by molar-refractivity contribution is 6.05. The van der Waals surface area contributed by atoms with Gasteiger partial charge in [-0.1, -0.05) is 60.7 Å². The molecule has 2 fully saturated rings. The normalized spacial score (nSPS) is 25.2. The van der Waals surface area contributed by atoms with Crippen molar-refractivity contribution in [3.05, 3.63) is 71.8 Å². The van der Waals surface area contributed by atoms with E-state index in [4.69, 9.17) is 9.47 Å². The Balaban J connectivity index is 1.67. The number of rotatable bonds is 7. The molecule has 1 N–H and O–H groups in total. The van der Waals surface area contributed by atoms with Gasteiger partial charge in [0.05, 0.1) is 13.2 Å². The van der Waals surface area contributed by atoms with E-state index < -0.39 is 47.1 Å². The first-order chi connectivity index (χ1) is 17.6. The number of carbonyl (C=O) groups is 3. The van der Waals surface area contributed by atoms with Gasteiger partial charge in [-0.05, 0) is 31.2 Å². The fourth-order valence-corrected chi connectivity index (χ4v) is 5.67. The molecule has 2 heterocycles. The molecule has 0 aliphatic carbocycles. The SMILES string of the molecule is COC(=O)[C@@]1(Cc2ccccc2)C[C@H]2[C@H](NC(=O)[C@](OC)(c3ccccc3)C(F)(F)F)CCCN2C1=O. The number of alkyl halides is 3. The van der Waals surface area contributed by atoms with Crippen molar-refractivity contribution in [1.29, 1.82) is 0 Å². The largest absolute Gasteiger partial charge is 0.468 e. The summed E-state index contributed by atoms with van der Waals surface area (Å²) < 4.78 is 53.1. The summed E-state index contributed by atoms with van der Waals surface area (Å²) in [5.74, 6) is -2.51. The predicted molar refractivity (Wildman–Crippen MR) is 127 cm³/mol. The Bertz CT molecular complexity index is 1140. The zero-order chi connectivity index (χ0) is 26.8. The number of halogens is 3. The second kappa shape index (κ2) is 10.2. The topological polar surface area (TPSA) is 84.9 Å². The predicted octanol–water partition coefficient (Wildman–Crippen LogP) is 3.37. The van der Waals surface area contributed by atoms with Gasteiger partial charge in [0, 0.05) is 25.3 Å². The molecule has 2 aromatic rings. The standard InChI is InChI=1S/C27H29F3N2O5/c1-36-24(35)25(16-18-10-5-3-6-11-18)17-21-20(14-9-15-32(21)23(25)34)31-22(33)26(37-2,27(28,29)30)19-12-7-4-8-13-19/h3-8,10-13,20-21H,9,14-17H2,1-2H3,(H,31,33)/t20-,21+,25+,26-/m1/s1. The van der Waals surface area contributed by atoms with Crippen LogP contribution in [-0.2, 0) is 35.9 Å². The van der Waals surface area contributed by atoms with Crippen LogP contribution in [-0.4, -0.2) is 61.7 Å². The highest BCUT2D eigenvalue weighted by atomic mass is 19.4. The number of ether oxygens (including phenoxy) is 2. The quantitative estimate of drug-likeness (QED) is 0.449. The van der Waals surface area contributed by atoms with Crippen LogP contribution >= 0.6 is 0 Å². The molecule has 0 bridgehead atoms. The Kier molecular flexibility index (Phi) is 7.32. The molecule has 7 nitrogen and oxygen atoms in total. The van der Waals surface area contributed by atoms with Gasteiger partial charge in [0.15, 0.2) is 5.41 Å². The Morgan fingerprint density at radius 2 is 1.68 bits per heavy atom. The third kappa shape index (κ3) is 4.47. The van der Waals surface area contributed by atoms with Gasteiger partial charge in [-0.3, -0.25) is 14.4 Å². The second-order valence-corrected chi connectivity index (χ2v) is 9.48. The number of esters is 1. The average Bonchev–Trinajstić information content (AvgIpc) is 3.18. The van der Waals surface area contributed by atoms with Gasteiger partial charge in [0.2, 0.25) is 5.91 Å². The van der Waals surface area contributed by atoms with Crippen LogP contribution in [0.4, 0.5) is 13.2 Å². The third-order valence-corrected chi connectivity index (χ3v) is 7.45. The van der Waals surface area contributed by atoms with Crippen LogP contribution in [0.3, 0.4) is 0 Å². The van der Waals surface area contributed by atoms with Crippen molar-refractivity contribution >= 4 is 17.8 Å².